The van der Waals surface area contributed by atoms with Gasteiger partial charge in [-0.2, -0.15) is 0 Å². The maximum absolute atomic E-state index is 13.6. The van der Waals surface area contributed by atoms with Crippen LogP contribution < -0.4 is 21.3 Å². The second-order valence-electron chi connectivity index (χ2n) is 4.54. The van der Waals surface area contributed by atoms with Crippen LogP contribution in [-0.2, 0) is 5.41 Å². The lowest BCUT2D eigenvalue weighted by atomic mass is 9.84. The average molecular weight is 241 g/mol. The van der Waals surface area contributed by atoms with Gasteiger partial charge in [0.2, 0.25) is 0 Å². The molecule has 0 heterocycles. The average Bonchev–Trinajstić information content (AvgIpc) is 2.29. The third-order valence-electron chi connectivity index (χ3n) is 2.73. The van der Waals surface area contributed by atoms with Gasteiger partial charge in [0.15, 0.2) is 11.6 Å². The van der Waals surface area contributed by atoms with Crippen LogP contribution in [-0.4, -0.2) is 20.3 Å². The molecular formula is C12H20FN3O. The molecule has 0 atom stereocenters. The van der Waals surface area contributed by atoms with Gasteiger partial charge in [-0.05, 0) is 17.7 Å². The number of benzene rings is 1. The second kappa shape index (κ2) is 5.95. The highest BCUT2D eigenvalue weighted by atomic mass is 19.1. The van der Waals surface area contributed by atoms with Crippen molar-refractivity contribution in [3.63, 3.8) is 0 Å². The molecule has 0 aliphatic carbocycles. The Balaban J connectivity index is 2.80. The van der Waals surface area contributed by atoms with Gasteiger partial charge in [0, 0.05) is 12.0 Å². The number of nitrogens with two attached hydrogens (primary N) is 1. The molecule has 1 aromatic carbocycles. The summed E-state index contributed by atoms with van der Waals surface area (Å²) in [6.45, 7) is 5.29. The van der Waals surface area contributed by atoms with Crippen molar-refractivity contribution in [3.05, 3.63) is 29.6 Å². The fraction of sp³-hybridized carbons (Fsp3) is 0.500. The Labute approximate surface area is 101 Å². The zero-order valence-electron chi connectivity index (χ0n) is 10.5. The molecule has 4 nitrogen and oxygen atoms in total. The van der Waals surface area contributed by atoms with E-state index in [1.165, 1.54) is 13.2 Å². The Kier molecular flexibility index (Phi) is 4.86. The van der Waals surface area contributed by atoms with Crippen molar-refractivity contribution in [2.75, 3.05) is 20.3 Å². The molecule has 96 valence electrons. The second-order valence-corrected chi connectivity index (χ2v) is 4.54. The Morgan fingerprint density at radius 3 is 2.65 bits per heavy atom. The molecule has 4 N–H and O–H groups in total. The lowest BCUT2D eigenvalue weighted by molar-refractivity contribution is 0.384. The van der Waals surface area contributed by atoms with E-state index in [9.17, 15) is 4.39 Å². The van der Waals surface area contributed by atoms with E-state index in [0.717, 1.165) is 5.56 Å². The van der Waals surface area contributed by atoms with E-state index in [1.807, 2.05) is 19.9 Å². The van der Waals surface area contributed by atoms with Crippen LogP contribution in [0, 0.1) is 5.82 Å². The number of hydrogen-bond donors (Lipinski definition) is 3. The van der Waals surface area contributed by atoms with Crippen molar-refractivity contribution in [1.82, 2.24) is 10.7 Å². The van der Waals surface area contributed by atoms with Crippen molar-refractivity contribution in [1.29, 1.82) is 0 Å². The third-order valence-corrected chi connectivity index (χ3v) is 2.73. The summed E-state index contributed by atoms with van der Waals surface area (Å²) < 4.78 is 18.5. The van der Waals surface area contributed by atoms with Crippen molar-refractivity contribution in [2.24, 2.45) is 5.84 Å². The number of ether oxygens (including phenoxy) is 1. The first-order valence-electron chi connectivity index (χ1n) is 5.49. The van der Waals surface area contributed by atoms with Gasteiger partial charge in [-0.15, -0.1) is 0 Å². The minimum absolute atomic E-state index is 0.177. The molecule has 0 bridgehead atoms. The van der Waals surface area contributed by atoms with Crippen molar-refractivity contribution >= 4 is 0 Å². The van der Waals surface area contributed by atoms with Gasteiger partial charge in [0.25, 0.3) is 0 Å². The van der Waals surface area contributed by atoms with Gasteiger partial charge < -0.3 is 10.1 Å². The highest BCUT2D eigenvalue weighted by Gasteiger charge is 2.21. The number of nitrogens with one attached hydrogen (secondary N) is 2. The summed E-state index contributed by atoms with van der Waals surface area (Å²) in [6, 6.07) is 5.03. The summed E-state index contributed by atoms with van der Waals surface area (Å²) in [5, 5.41) is 3.13. The molecule has 1 aromatic rings. The molecule has 0 amide bonds. The summed E-state index contributed by atoms with van der Waals surface area (Å²) >= 11 is 0. The third kappa shape index (κ3) is 3.66. The molecule has 5 heteroatoms. The number of halogens is 1. The minimum Gasteiger partial charge on any atom is -0.494 e. The summed E-state index contributed by atoms with van der Waals surface area (Å²) in [5.41, 5.74) is 3.26. The van der Waals surface area contributed by atoms with Crippen LogP contribution in [0.1, 0.15) is 19.4 Å². The topological polar surface area (TPSA) is 59.3 Å². The lowest BCUT2D eigenvalue weighted by Gasteiger charge is -2.26. The lowest BCUT2D eigenvalue weighted by Crippen LogP contribution is -2.40. The molecule has 0 spiro atoms. The summed E-state index contributed by atoms with van der Waals surface area (Å²) in [6.07, 6.45) is 0. The van der Waals surface area contributed by atoms with E-state index >= 15 is 0 Å². The van der Waals surface area contributed by atoms with Crippen molar-refractivity contribution < 1.29 is 9.13 Å². The number of hydrazine groups is 1. The smallest absolute Gasteiger partial charge is 0.165 e. The highest BCUT2D eigenvalue weighted by molar-refractivity contribution is 5.33. The molecule has 0 aromatic heterocycles. The Hall–Kier alpha value is -1.17. The van der Waals surface area contributed by atoms with Crippen molar-refractivity contribution in [3.8, 4) is 5.75 Å². The normalized spacial score (nSPS) is 11.6. The van der Waals surface area contributed by atoms with E-state index in [1.54, 1.807) is 6.07 Å². The standard InChI is InChI=1S/C12H20FN3O/c1-12(2,7-15-8-16-14)9-4-5-11(17-3)10(13)6-9/h4-6,15-16H,7-8,14H2,1-3H3. The van der Waals surface area contributed by atoms with Crippen LogP contribution in [0.5, 0.6) is 5.75 Å². The molecule has 0 saturated carbocycles. The van der Waals surface area contributed by atoms with Crippen LogP contribution in [0.25, 0.3) is 0 Å². The van der Waals surface area contributed by atoms with Crippen LogP contribution in [0.3, 0.4) is 0 Å². The van der Waals surface area contributed by atoms with Gasteiger partial charge in [0.05, 0.1) is 13.8 Å². The minimum atomic E-state index is -0.338. The predicted molar refractivity (Wildman–Crippen MR) is 66.2 cm³/mol. The van der Waals surface area contributed by atoms with Gasteiger partial charge in [0.1, 0.15) is 0 Å². The van der Waals surface area contributed by atoms with E-state index in [4.69, 9.17) is 10.6 Å². The largest absolute Gasteiger partial charge is 0.494 e. The molecule has 0 unspecified atom stereocenters. The maximum Gasteiger partial charge on any atom is 0.165 e. The summed E-state index contributed by atoms with van der Waals surface area (Å²) in [7, 11) is 1.46. The number of methoxy groups -OCH3 is 1. The quantitative estimate of drug-likeness (QED) is 0.302. The van der Waals surface area contributed by atoms with Crippen LogP contribution in [0.15, 0.2) is 18.2 Å². The van der Waals surface area contributed by atoms with Gasteiger partial charge in [-0.25, -0.2) is 9.82 Å². The molecular weight excluding hydrogens is 221 g/mol. The number of rotatable bonds is 6. The monoisotopic (exact) mass is 241 g/mol. The van der Waals surface area contributed by atoms with Crippen LogP contribution >= 0.6 is 0 Å². The molecule has 1 rings (SSSR count). The summed E-state index contributed by atoms with van der Waals surface area (Å²) in [5.74, 6) is 5.10. The predicted octanol–water partition coefficient (Wildman–Crippen LogP) is 1.12. The van der Waals surface area contributed by atoms with Gasteiger partial charge >= 0.3 is 0 Å². The SMILES string of the molecule is COc1ccc(C(C)(C)CNCNN)cc1F. The molecule has 0 radical (unpaired) electrons. The van der Waals surface area contributed by atoms with Gasteiger partial charge in [-0.3, -0.25) is 5.84 Å². The maximum atomic E-state index is 13.6. The molecule has 0 aliphatic rings. The fourth-order valence-electron chi connectivity index (χ4n) is 1.64. The van der Waals surface area contributed by atoms with E-state index in [2.05, 4.69) is 10.7 Å². The summed E-state index contributed by atoms with van der Waals surface area (Å²) in [4.78, 5) is 0. The van der Waals surface area contributed by atoms with E-state index < -0.39 is 0 Å². The molecule has 17 heavy (non-hydrogen) atoms. The van der Waals surface area contributed by atoms with E-state index in [0.29, 0.717) is 13.2 Å². The Bertz CT molecular complexity index is 369. The molecule has 0 saturated heterocycles. The van der Waals surface area contributed by atoms with E-state index in [-0.39, 0.29) is 17.0 Å². The van der Waals surface area contributed by atoms with Crippen molar-refractivity contribution in [2.45, 2.75) is 19.3 Å². The zero-order valence-corrected chi connectivity index (χ0v) is 10.5. The molecule has 0 aliphatic heterocycles. The number of hydrogen-bond acceptors (Lipinski definition) is 4. The molecule has 0 fully saturated rings. The van der Waals surface area contributed by atoms with Crippen LogP contribution in [0.2, 0.25) is 0 Å². The first-order chi connectivity index (χ1) is 8.01. The Morgan fingerprint density at radius 2 is 2.12 bits per heavy atom. The first-order valence-corrected chi connectivity index (χ1v) is 5.49. The van der Waals surface area contributed by atoms with Crippen LogP contribution in [0.4, 0.5) is 4.39 Å². The van der Waals surface area contributed by atoms with Gasteiger partial charge in [-0.1, -0.05) is 19.9 Å². The first kappa shape index (κ1) is 13.9. The zero-order chi connectivity index (χ0) is 12.9. The highest BCUT2D eigenvalue weighted by Crippen LogP contribution is 2.26. The Morgan fingerprint density at radius 1 is 1.41 bits per heavy atom. The fourth-order valence-corrected chi connectivity index (χ4v) is 1.64.